The number of pyridine rings is 3. The van der Waals surface area contributed by atoms with E-state index in [2.05, 4.69) is 26.1 Å². The zero-order chi connectivity index (χ0) is 30.7. The number of fused-ring (bicyclic) bond motifs is 2. The molecule has 4 aromatic heterocycles. The molecule has 6 rings (SSSR count). The van der Waals surface area contributed by atoms with E-state index in [0.717, 1.165) is 22.4 Å². The molecule has 2 aliphatic rings. The standard InChI is InChI=1S/C31H34F2N6O4/c1-17-10-20-12-38(14-31(15-42-16-31)43-28(20)34-11-17)13-23-18(2)6-7-22(35-23)24(30(4,5)29(40)41)21-8-9-39-26(19(21)3)36-37-27(39)25(32)33/h6-11,24-25H,12-16H2,1-5H3,(H,40,41)/t24-/m0/s1. The van der Waals surface area contributed by atoms with E-state index in [4.69, 9.17) is 14.5 Å². The van der Waals surface area contributed by atoms with Crippen LogP contribution in [0.4, 0.5) is 8.78 Å². The number of hydrogen-bond donors (Lipinski definition) is 1. The number of aromatic nitrogens is 5. The molecule has 0 unspecified atom stereocenters. The lowest BCUT2D eigenvalue weighted by atomic mass is 9.72. The van der Waals surface area contributed by atoms with Gasteiger partial charge >= 0.3 is 5.97 Å². The minimum absolute atomic E-state index is 0.256. The van der Waals surface area contributed by atoms with Gasteiger partial charge in [-0.05, 0) is 75.1 Å². The van der Waals surface area contributed by atoms with Crippen LogP contribution in [0.15, 0.2) is 36.7 Å². The van der Waals surface area contributed by atoms with E-state index in [9.17, 15) is 18.7 Å². The second kappa shape index (κ2) is 10.6. The minimum atomic E-state index is -2.80. The van der Waals surface area contributed by atoms with Crippen LogP contribution in [-0.2, 0) is 22.6 Å². The van der Waals surface area contributed by atoms with E-state index in [1.807, 2.05) is 26.0 Å². The van der Waals surface area contributed by atoms with Crippen molar-refractivity contribution in [1.29, 1.82) is 0 Å². The van der Waals surface area contributed by atoms with Gasteiger partial charge in [0.05, 0.1) is 24.3 Å². The fourth-order valence-corrected chi connectivity index (χ4v) is 6.09. The van der Waals surface area contributed by atoms with E-state index in [1.54, 1.807) is 33.0 Å². The van der Waals surface area contributed by atoms with Crippen molar-refractivity contribution in [2.24, 2.45) is 5.41 Å². The molecular weight excluding hydrogens is 558 g/mol. The van der Waals surface area contributed by atoms with E-state index < -0.39 is 35.2 Å². The first-order chi connectivity index (χ1) is 20.4. The van der Waals surface area contributed by atoms with Crippen molar-refractivity contribution < 1.29 is 28.2 Å². The molecule has 1 spiro atoms. The van der Waals surface area contributed by atoms with E-state index in [0.29, 0.717) is 55.5 Å². The van der Waals surface area contributed by atoms with Gasteiger partial charge in [0.25, 0.3) is 6.43 Å². The number of halogens is 2. The van der Waals surface area contributed by atoms with Gasteiger partial charge in [-0.15, -0.1) is 10.2 Å². The lowest BCUT2D eigenvalue weighted by Gasteiger charge is -2.42. The molecule has 226 valence electrons. The van der Waals surface area contributed by atoms with Crippen molar-refractivity contribution in [3.05, 3.63) is 81.7 Å². The van der Waals surface area contributed by atoms with Crippen LogP contribution in [0, 0.1) is 26.2 Å². The Labute approximate surface area is 247 Å². The summed E-state index contributed by atoms with van der Waals surface area (Å²) >= 11 is 0. The predicted molar refractivity (Wildman–Crippen MR) is 152 cm³/mol. The summed E-state index contributed by atoms with van der Waals surface area (Å²) in [7, 11) is 0. The second-order valence-corrected chi connectivity index (χ2v) is 12.3. The molecule has 0 aromatic carbocycles. The normalized spacial score (nSPS) is 17.4. The van der Waals surface area contributed by atoms with Crippen molar-refractivity contribution in [1.82, 2.24) is 29.5 Å². The quantitative estimate of drug-likeness (QED) is 0.324. The molecular formula is C31H34F2N6O4. The van der Waals surface area contributed by atoms with Crippen molar-refractivity contribution in [3.63, 3.8) is 0 Å². The van der Waals surface area contributed by atoms with Gasteiger partial charge in [0, 0.05) is 49.2 Å². The number of hydrogen-bond acceptors (Lipinski definition) is 8. The Morgan fingerprint density at radius 2 is 1.93 bits per heavy atom. The zero-order valence-corrected chi connectivity index (χ0v) is 24.8. The molecule has 6 heterocycles. The van der Waals surface area contributed by atoms with Crippen LogP contribution in [0.1, 0.15) is 71.2 Å². The van der Waals surface area contributed by atoms with Crippen LogP contribution in [0.2, 0.25) is 0 Å². The van der Waals surface area contributed by atoms with Crippen LogP contribution in [0.5, 0.6) is 5.88 Å². The number of nitrogens with zero attached hydrogens (tertiary/aromatic N) is 6. The number of aliphatic carboxylic acids is 1. The highest BCUT2D eigenvalue weighted by Crippen LogP contribution is 2.43. The van der Waals surface area contributed by atoms with Gasteiger partial charge in [0.1, 0.15) is 0 Å². The maximum Gasteiger partial charge on any atom is 0.310 e. The number of aryl methyl sites for hydroxylation is 3. The molecule has 1 N–H and O–H groups in total. The highest BCUT2D eigenvalue weighted by molar-refractivity contribution is 5.76. The SMILES string of the molecule is Cc1cnc2c(c1)CN(Cc1nc([C@H](c3ccn4c(C(F)F)nnc4c3C)C(C)(C)C(=O)O)ccc1C)CC1(COC1)O2. The largest absolute Gasteiger partial charge is 0.481 e. The molecule has 1 atom stereocenters. The first-order valence-electron chi connectivity index (χ1n) is 14.2. The van der Waals surface area contributed by atoms with Crippen LogP contribution in [0.3, 0.4) is 0 Å². The molecule has 0 aliphatic carbocycles. The lowest BCUT2D eigenvalue weighted by Crippen LogP contribution is -2.60. The van der Waals surface area contributed by atoms with Crippen molar-refractivity contribution >= 4 is 11.6 Å². The topological polar surface area (TPSA) is 115 Å². The maximum absolute atomic E-state index is 13.5. The van der Waals surface area contributed by atoms with Gasteiger partial charge in [0.2, 0.25) is 11.7 Å². The number of carbonyl (C=O) groups is 1. The lowest BCUT2D eigenvalue weighted by molar-refractivity contribution is -0.170. The summed E-state index contributed by atoms with van der Waals surface area (Å²) in [5.41, 5.74) is 4.06. The van der Waals surface area contributed by atoms with Crippen LogP contribution < -0.4 is 4.74 Å². The third kappa shape index (κ3) is 5.12. The van der Waals surface area contributed by atoms with Crippen molar-refractivity contribution in [3.8, 4) is 5.88 Å². The third-order valence-corrected chi connectivity index (χ3v) is 8.58. The average Bonchev–Trinajstić information content (AvgIpc) is 3.29. The van der Waals surface area contributed by atoms with E-state index in [-0.39, 0.29) is 5.65 Å². The Morgan fingerprint density at radius 1 is 1.16 bits per heavy atom. The van der Waals surface area contributed by atoms with Gasteiger partial charge in [-0.1, -0.05) is 6.07 Å². The molecule has 4 aromatic rings. The third-order valence-electron chi connectivity index (χ3n) is 8.58. The van der Waals surface area contributed by atoms with E-state index >= 15 is 0 Å². The molecule has 1 fully saturated rings. The Morgan fingerprint density at radius 3 is 2.60 bits per heavy atom. The van der Waals surface area contributed by atoms with Crippen molar-refractivity contribution in [2.45, 2.75) is 65.7 Å². The molecule has 0 bridgehead atoms. The highest BCUT2D eigenvalue weighted by atomic mass is 19.3. The summed E-state index contributed by atoms with van der Waals surface area (Å²) in [6, 6.07) is 7.56. The number of rotatable bonds is 7. The average molecular weight is 593 g/mol. The Bertz CT molecular complexity index is 1720. The van der Waals surface area contributed by atoms with Crippen molar-refractivity contribution in [2.75, 3.05) is 19.8 Å². The molecule has 0 radical (unpaired) electrons. The van der Waals surface area contributed by atoms with Crippen LogP contribution >= 0.6 is 0 Å². The number of carboxylic acid groups (broad SMARTS) is 1. The molecule has 12 heteroatoms. The minimum Gasteiger partial charge on any atom is -0.481 e. The summed E-state index contributed by atoms with van der Waals surface area (Å²) in [4.78, 5) is 24.5. The molecule has 1 saturated heterocycles. The smallest absolute Gasteiger partial charge is 0.310 e. The fourth-order valence-electron chi connectivity index (χ4n) is 6.09. The maximum atomic E-state index is 13.5. The summed E-state index contributed by atoms with van der Waals surface area (Å²) in [6.45, 7) is 11.7. The predicted octanol–water partition coefficient (Wildman–Crippen LogP) is 4.79. The van der Waals surface area contributed by atoms with Gasteiger partial charge < -0.3 is 14.6 Å². The second-order valence-electron chi connectivity index (χ2n) is 12.3. The fraction of sp³-hybridized carbons (Fsp3) is 0.452. The first-order valence-corrected chi connectivity index (χ1v) is 14.2. The molecule has 43 heavy (non-hydrogen) atoms. The Hall–Kier alpha value is -4.03. The summed E-state index contributed by atoms with van der Waals surface area (Å²) < 4.78 is 40.2. The Balaban J connectivity index is 1.41. The van der Waals surface area contributed by atoms with Gasteiger partial charge in [-0.25, -0.2) is 13.8 Å². The van der Waals surface area contributed by atoms with Crippen LogP contribution in [-0.4, -0.2) is 65.9 Å². The summed E-state index contributed by atoms with van der Waals surface area (Å²) in [5.74, 6) is -1.55. The first kappa shape index (κ1) is 29.1. The monoisotopic (exact) mass is 592 g/mol. The van der Waals surface area contributed by atoms with Gasteiger partial charge in [-0.2, -0.15) is 0 Å². The highest BCUT2D eigenvalue weighted by Gasteiger charge is 2.46. The number of ether oxygens (including phenoxy) is 2. The number of carboxylic acids is 1. The van der Waals surface area contributed by atoms with Crippen LogP contribution in [0.25, 0.3) is 5.65 Å². The molecule has 2 aliphatic heterocycles. The van der Waals surface area contributed by atoms with Gasteiger partial charge in [0.15, 0.2) is 11.2 Å². The van der Waals surface area contributed by atoms with E-state index in [1.165, 1.54) is 10.6 Å². The number of alkyl halides is 2. The molecule has 0 amide bonds. The molecule has 10 nitrogen and oxygen atoms in total. The summed E-state index contributed by atoms with van der Waals surface area (Å²) in [6.07, 6.45) is 0.479. The Kier molecular flexibility index (Phi) is 7.16. The summed E-state index contributed by atoms with van der Waals surface area (Å²) in [5, 5.41) is 18.0. The molecule has 0 saturated carbocycles. The van der Waals surface area contributed by atoms with Gasteiger partial charge in [-0.3, -0.25) is 19.1 Å². The zero-order valence-electron chi connectivity index (χ0n) is 24.8.